The summed E-state index contributed by atoms with van der Waals surface area (Å²) in [6.45, 7) is 0.207. The molecule has 0 unspecified atom stereocenters. The van der Waals surface area contributed by atoms with Crippen molar-refractivity contribution in [2.75, 3.05) is 6.61 Å². The van der Waals surface area contributed by atoms with Crippen LogP contribution >= 0.6 is 31.9 Å². The van der Waals surface area contributed by atoms with Crippen molar-refractivity contribution in [1.29, 1.82) is 0 Å². The number of benzene rings is 2. The number of aliphatic hydroxyl groups is 1. The molecule has 1 N–H and O–H groups in total. The van der Waals surface area contributed by atoms with Gasteiger partial charge < -0.3 is 5.11 Å². The van der Waals surface area contributed by atoms with Crippen LogP contribution in [-0.4, -0.2) is 11.7 Å². The number of halogens is 2. The third kappa shape index (κ3) is 4.75. The Hall–Kier alpha value is -0.640. The highest BCUT2D eigenvalue weighted by molar-refractivity contribution is 9.10. The molecule has 100 valence electrons. The van der Waals surface area contributed by atoms with Crippen LogP contribution in [0, 0.1) is 5.92 Å². The van der Waals surface area contributed by atoms with E-state index in [2.05, 4.69) is 56.1 Å². The maximum atomic E-state index is 9.56. The Kier molecular flexibility index (Phi) is 5.61. The molecule has 0 aliphatic carbocycles. The first-order chi connectivity index (χ1) is 9.17. The molecule has 0 amide bonds. The molecule has 2 aromatic carbocycles. The van der Waals surface area contributed by atoms with Gasteiger partial charge in [-0.1, -0.05) is 56.1 Å². The third-order valence-corrected chi connectivity index (χ3v) is 4.07. The molecule has 0 atom stereocenters. The van der Waals surface area contributed by atoms with Crippen LogP contribution in [0.4, 0.5) is 0 Å². The Bertz CT molecular complexity index is 492. The average molecular weight is 384 g/mol. The van der Waals surface area contributed by atoms with Gasteiger partial charge in [0, 0.05) is 15.6 Å². The molecule has 1 nitrogen and oxygen atoms in total. The topological polar surface area (TPSA) is 20.2 Å². The summed E-state index contributed by atoms with van der Waals surface area (Å²) in [5.74, 6) is 0.253. The number of aliphatic hydroxyl groups excluding tert-OH is 1. The van der Waals surface area contributed by atoms with E-state index in [0.29, 0.717) is 0 Å². The van der Waals surface area contributed by atoms with Crippen molar-refractivity contribution in [3.05, 3.63) is 68.6 Å². The summed E-state index contributed by atoms with van der Waals surface area (Å²) < 4.78 is 2.17. The zero-order chi connectivity index (χ0) is 13.7. The SMILES string of the molecule is OCC(Cc1cccc(Br)c1)Cc1cccc(Br)c1. The molecular weight excluding hydrogens is 368 g/mol. The Balaban J connectivity index is 2.04. The number of hydrogen-bond acceptors (Lipinski definition) is 1. The van der Waals surface area contributed by atoms with Crippen molar-refractivity contribution >= 4 is 31.9 Å². The first-order valence-corrected chi connectivity index (χ1v) is 7.85. The van der Waals surface area contributed by atoms with E-state index in [-0.39, 0.29) is 12.5 Å². The first kappa shape index (κ1) is 14.8. The van der Waals surface area contributed by atoms with E-state index in [1.54, 1.807) is 0 Å². The minimum atomic E-state index is 0.207. The maximum absolute atomic E-state index is 9.56. The van der Waals surface area contributed by atoms with Crippen molar-refractivity contribution < 1.29 is 5.11 Å². The van der Waals surface area contributed by atoms with Crippen molar-refractivity contribution in [3.63, 3.8) is 0 Å². The van der Waals surface area contributed by atoms with Crippen LogP contribution in [0.1, 0.15) is 11.1 Å². The van der Waals surface area contributed by atoms with E-state index < -0.39 is 0 Å². The second kappa shape index (κ2) is 7.22. The van der Waals surface area contributed by atoms with E-state index in [1.165, 1.54) is 11.1 Å². The van der Waals surface area contributed by atoms with E-state index in [4.69, 9.17) is 0 Å². The molecule has 0 radical (unpaired) electrons. The molecule has 0 aromatic heterocycles. The van der Waals surface area contributed by atoms with E-state index in [0.717, 1.165) is 21.8 Å². The zero-order valence-electron chi connectivity index (χ0n) is 10.5. The Morgan fingerprint density at radius 3 is 1.68 bits per heavy atom. The highest BCUT2D eigenvalue weighted by atomic mass is 79.9. The van der Waals surface area contributed by atoms with Gasteiger partial charge in [0.25, 0.3) is 0 Å². The highest BCUT2D eigenvalue weighted by Crippen LogP contribution is 2.19. The normalized spacial score (nSPS) is 10.9. The number of hydrogen-bond donors (Lipinski definition) is 1. The molecule has 2 aromatic rings. The Morgan fingerprint density at radius 2 is 1.32 bits per heavy atom. The lowest BCUT2D eigenvalue weighted by Crippen LogP contribution is -2.13. The van der Waals surface area contributed by atoms with Gasteiger partial charge in [-0.3, -0.25) is 0 Å². The van der Waals surface area contributed by atoms with Crippen LogP contribution in [0.15, 0.2) is 57.5 Å². The molecule has 0 bridgehead atoms. The van der Waals surface area contributed by atoms with Crippen LogP contribution in [0.5, 0.6) is 0 Å². The van der Waals surface area contributed by atoms with Gasteiger partial charge in [0.1, 0.15) is 0 Å². The maximum Gasteiger partial charge on any atom is 0.0465 e. The van der Waals surface area contributed by atoms with Crippen molar-refractivity contribution in [2.24, 2.45) is 5.92 Å². The van der Waals surface area contributed by atoms with Gasteiger partial charge in [0.15, 0.2) is 0 Å². The summed E-state index contributed by atoms with van der Waals surface area (Å²) in [4.78, 5) is 0. The smallest absolute Gasteiger partial charge is 0.0465 e. The fraction of sp³-hybridized carbons (Fsp3) is 0.250. The molecule has 0 saturated carbocycles. The quantitative estimate of drug-likeness (QED) is 0.799. The van der Waals surface area contributed by atoms with Crippen molar-refractivity contribution in [1.82, 2.24) is 0 Å². The van der Waals surface area contributed by atoms with Gasteiger partial charge in [-0.25, -0.2) is 0 Å². The zero-order valence-corrected chi connectivity index (χ0v) is 13.7. The fourth-order valence-corrected chi connectivity index (χ4v) is 3.09. The monoisotopic (exact) mass is 382 g/mol. The largest absolute Gasteiger partial charge is 0.396 e. The molecular formula is C16H16Br2O. The van der Waals surface area contributed by atoms with Crippen LogP contribution in [0.2, 0.25) is 0 Å². The lowest BCUT2D eigenvalue weighted by molar-refractivity contribution is 0.225. The fourth-order valence-electron chi connectivity index (χ4n) is 2.20. The summed E-state index contributed by atoms with van der Waals surface area (Å²) in [7, 11) is 0. The van der Waals surface area contributed by atoms with Crippen LogP contribution in [-0.2, 0) is 12.8 Å². The van der Waals surface area contributed by atoms with E-state index in [9.17, 15) is 5.11 Å². The molecule has 2 rings (SSSR count). The van der Waals surface area contributed by atoms with Crippen LogP contribution in [0.25, 0.3) is 0 Å². The molecule has 0 heterocycles. The van der Waals surface area contributed by atoms with E-state index >= 15 is 0 Å². The predicted octanol–water partition coefficient (Wildman–Crippen LogP) is 4.61. The second-order valence-corrected chi connectivity index (χ2v) is 6.55. The second-order valence-electron chi connectivity index (χ2n) is 4.72. The van der Waals surface area contributed by atoms with Gasteiger partial charge in [0.2, 0.25) is 0 Å². The van der Waals surface area contributed by atoms with Gasteiger partial charge in [0.05, 0.1) is 0 Å². The summed E-state index contributed by atoms with van der Waals surface area (Å²) in [5, 5.41) is 9.56. The molecule has 0 saturated heterocycles. The molecule has 0 aliphatic heterocycles. The Labute approximate surface area is 130 Å². The minimum absolute atomic E-state index is 0.207. The molecule has 0 fully saturated rings. The van der Waals surface area contributed by atoms with Crippen LogP contribution in [0.3, 0.4) is 0 Å². The molecule has 3 heteroatoms. The lowest BCUT2D eigenvalue weighted by Gasteiger charge is -2.14. The molecule has 0 spiro atoms. The molecule has 19 heavy (non-hydrogen) atoms. The van der Waals surface area contributed by atoms with Crippen LogP contribution < -0.4 is 0 Å². The summed E-state index contributed by atoms with van der Waals surface area (Å²) in [5.41, 5.74) is 2.51. The number of rotatable bonds is 5. The third-order valence-electron chi connectivity index (χ3n) is 3.09. The minimum Gasteiger partial charge on any atom is -0.396 e. The van der Waals surface area contributed by atoms with Gasteiger partial charge in [-0.15, -0.1) is 0 Å². The van der Waals surface area contributed by atoms with Crippen molar-refractivity contribution in [3.8, 4) is 0 Å². The van der Waals surface area contributed by atoms with E-state index in [1.807, 2.05) is 24.3 Å². The predicted molar refractivity (Wildman–Crippen MR) is 86.3 cm³/mol. The standard InChI is InChI=1S/C16H16Br2O/c17-15-5-1-3-12(9-15)7-14(11-19)8-13-4-2-6-16(18)10-13/h1-6,9-10,14,19H,7-8,11H2. The summed E-state index contributed by atoms with van der Waals surface area (Å²) in [6, 6.07) is 16.5. The Morgan fingerprint density at radius 1 is 0.842 bits per heavy atom. The average Bonchev–Trinajstić information content (AvgIpc) is 2.38. The van der Waals surface area contributed by atoms with Gasteiger partial charge in [-0.05, 0) is 54.2 Å². The van der Waals surface area contributed by atoms with Gasteiger partial charge in [-0.2, -0.15) is 0 Å². The first-order valence-electron chi connectivity index (χ1n) is 6.27. The highest BCUT2D eigenvalue weighted by Gasteiger charge is 2.10. The lowest BCUT2D eigenvalue weighted by atomic mass is 9.93. The molecule has 0 aliphatic rings. The summed E-state index contributed by atoms with van der Waals surface area (Å²) in [6.07, 6.45) is 1.78. The summed E-state index contributed by atoms with van der Waals surface area (Å²) >= 11 is 6.96. The van der Waals surface area contributed by atoms with Gasteiger partial charge >= 0.3 is 0 Å². The van der Waals surface area contributed by atoms with Crippen molar-refractivity contribution in [2.45, 2.75) is 12.8 Å².